The number of aromatic nitrogens is 5. The predicted octanol–water partition coefficient (Wildman–Crippen LogP) is 5.52. The molecule has 17 nitrogen and oxygen atoms in total. The highest BCUT2D eigenvalue weighted by Crippen LogP contribution is 2.40. The number of piperidine rings is 2. The van der Waals surface area contributed by atoms with Crippen LogP contribution in [-0.2, 0) is 27.1 Å². The lowest BCUT2D eigenvalue weighted by atomic mass is 9.85. The van der Waals surface area contributed by atoms with Crippen LogP contribution in [0.3, 0.4) is 0 Å². The molecule has 4 aliphatic heterocycles. The molecule has 0 bridgehead atoms. The number of β-amino-alcohol motifs (C(OH)–C–C–N with tert-alkyl or cyclic N) is 1. The zero-order chi connectivity index (χ0) is 50.4. The number of urea groups is 1. The minimum atomic E-state index is -2.73. The number of nitrogens with zero attached hydrogens (tertiary/aromatic N) is 8. The van der Waals surface area contributed by atoms with E-state index >= 15 is 0 Å². The van der Waals surface area contributed by atoms with Gasteiger partial charge in [-0.05, 0) is 112 Å². The molecule has 4 amide bonds. The number of terminal acetylenes is 1. The summed E-state index contributed by atoms with van der Waals surface area (Å²) < 4.78 is 13.1. The average Bonchev–Trinajstić information content (AvgIpc) is 3.95. The Morgan fingerprint density at radius 2 is 1.69 bits per heavy atom. The van der Waals surface area contributed by atoms with Crippen molar-refractivity contribution < 1.29 is 29.2 Å². The molecular formula is C53H66N11O6P. The van der Waals surface area contributed by atoms with Crippen molar-refractivity contribution in [1.29, 1.82) is 0 Å². The van der Waals surface area contributed by atoms with Crippen LogP contribution in [0.25, 0.3) is 22.3 Å². The van der Waals surface area contributed by atoms with Gasteiger partial charge in [0.25, 0.3) is 0 Å². The Balaban J connectivity index is 0.764. The molecule has 3 saturated heterocycles. The van der Waals surface area contributed by atoms with E-state index in [4.69, 9.17) is 16.4 Å². The number of carbonyl (C=O) groups is 3. The van der Waals surface area contributed by atoms with Crippen LogP contribution < -0.4 is 20.8 Å². The maximum absolute atomic E-state index is 14.3. The fourth-order valence-corrected chi connectivity index (χ4v) is 12.4. The quantitative estimate of drug-likeness (QED) is 0.0865. The second-order valence-corrected chi connectivity index (χ2v) is 24.4. The Morgan fingerprint density at radius 3 is 2.37 bits per heavy atom. The maximum atomic E-state index is 14.3. The predicted molar refractivity (Wildman–Crippen MR) is 274 cm³/mol. The van der Waals surface area contributed by atoms with Crippen LogP contribution in [0.15, 0.2) is 60.9 Å². The molecule has 0 saturated carbocycles. The van der Waals surface area contributed by atoms with E-state index in [2.05, 4.69) is 48.5 Å². The van der Waals surface area contributed by atoms with Crippen molar-refractivity contribution in [2.24, 2.45) is 5.41 Å². The van der Waals surface area contributed by atoms with Gasteiger partial charge >= 0.3 is 6.03 Å². The van der Waals surface area contributed by atoms with Crippen LogP contribution in [-0.4, -0.2) is 145 Å². The number of hydrogen-bond acceptors (Lipinski definition) is 12. The van der Waals surface area contributed by atoms with Gasteiger partial charge in [-0.3, -0.25) is 9.59 Å². The van der Waals surface area contributed by atoms with E-state index in [1.807, 2.05) is 51.4 Å². The molecule has 2 aromatic carbocycles. The van der Waals surface area contributed by atoms with E-state index in [-0.39, 0.29) is 37.3 Å². The number of anilines is 1. The Labute approximate surface area is 415 Å². The number of carbonyl (C=O) groups excluding carboxylic acids is 3. The lowest BCUT2D eigenvalue weighted by Crippen LogP contribution is -2.60. The first-order valence-corrected chi connectivity index (χ1v) is 27.4. The Kier molecular flexibility index (Phi) is 14.0. The third-order valence-electron chi connectivity index (χ3n) is 15.1. The van der Waals surface area contributed by atoms with Gasteiger partial charge in [-0.15, -0.1) is 16.6 Å². The van der Waals surface area contributed by atoms with Crippen molar-refractivity contribution in [2.45, 2.75) is 109 Å². The Bertz CT molecular complexity index is 2890. The normalized spacial score (nSPS) is 20.9. The number of fused-ring (bicyclic) bond motifs is 3. The molecule has 9 rings (SSSR count). The molecule has 0 unspecified atom stereocenters. The van der Waals surface area contributed by atoms with Crippen LogP contribution in [0.1, 0.15) is 99.7 Å². The van der Waals surface area contributed by atoms with E-state index in [0.29, 0.717) is 58.7 Å². The smallest absolute Gasteiger partial charge is 0.318 e. The van der Waals surface area contributed by atoms with Crippen LogP contribution in [0.5, 0.6) is 5.75 Å². The number of aromatic amines is 1. The van der Waals surface area contributed by atoms with Gasteiger partial charge in [-0.1, -0.05) is 44.9 Å². The zero-order valence-electron chi connectivity index (χ0n) is 41.6. The molecule has 0 spiro atoms. The number of likely N-dealkylation sites (tertiary alicyclic amines) is 3. The Morgan fingerprint density at radius 1 is 0.972 bits per heavy atom. The highest BCUT2D eigenvalue weighted by molar-refractivity contribution is 7.70. The molecule has 3 aromatic heterocycles. The number of hydrogen-bond donors (Lipinski definition) is 5. The molecule has 0 radical (unpaired) electrons. The van der Waals surface area contributed by atoms with E-state index in [1.54, 1.807) is 48.6 Å². The first kappa shape index (κ1) is 49.6. The van der Waals surface area contributed by atoms with E-state index in [9.17, 15) is 29.2 Å². The molecule has 7 heterocycles. The summed E-state index contributed by atoms with van der Waals surface area (Å²) in [5, 5.41) is 37.6. The molecule has 5 aromatic rings. The third kappa shape index (κ3) is 10.4. The third-order valence-corrected chi connectivity index (χ3v) is 16.6. The number of phenolic OH excluding ortho intramolecular Hbond substituents is 1. The summed E-state index contributed by atoms with van der Waals surface area (Å²) in [6.45, 7) is 14.9. The number of para-hydroxylation sites is 1. The molecule has 4 aliphatic rings. The van der Waals surface area contributed by atoms with E-state index in [0.717, 1.165) is 79.6 Å². The van der Waals surface area contributed by atoms with Gasteiger partial charge < -0.3 is 50.0 Å². The summed E-state index contributed by atoms with van der Waals surface area (Å²) in [5.41, 5.74) is 5.97. The van der Waals surface area contributed by atoms with Crippen molar-refractivity contribution in [1.82, 2.24) is 50.5 Å². The number of H-pyrrole nitrogens is 1. The van der Waals surface area contributed by atoms with Crippen molar-refractivity contribution in [2.75, 3.05) is 57.5 Å². The maximum Gasteiger partial charge on any atom is 0.318 e. The lowest BCUT2D eigenvalue weighted by molar-refractivity contribution is -0.142. The second-order valence-electron chi connectivity index (χ2n) is 21.2. The van der Waals surface area contributed by atoms with Gasteiger partial charge in [-0.25, -0.2) is 14.8 Å². The largest absolute Gasteiger partial charge is 0.507 e. The number of aromatic hydroxyl groups is 1. The SMILES string of the molecule is C#Cc1ccc(CNC(=O)[C@@H]2C[C@@H](O)CN2C(=O)[C@H](NC(=O)N2CCC(N3CCC(c4cnc(N5CCc6[nH]c7nnc(-c8ccccc8O)cc7c6[C@H]5C)nc4)CC3)CC2)C(C)(C)C)c(P(C)(C)=O)c1. The van der Waals surface area contributed by atoms with Crippen molar-refractivity contribution >= 4 is 47.3 Å². The number of aliphatic hydroxyl groups excluding tert-OH is 1. The molecule has 0 aliphatic carbocycles. The highest BCUT2D eigenvalue weighted by Gasteiger charge is 2.45. The highest BCUT2D eigenvalue weighted by atomic mass is 31.2. The monoisotopic (exact) mass is 983 g/mol. The lowest BCUT2D eigenvalue weighted by Gasteiger charge is -2.42. The number of amides is 4. The van der Waals surface area contributed by atoms with Crippen LogP contribution >= 0.6 is 7.14 Å². The van der Waals surface area contributed by atoms with Gasteiger partial charge in [0.2, 0.25) is 17.8 Å². The fraction of sp³-hybridized carbons (Fsp3) is 0.491. The first-order chi connectivity index (χ1) is 33.9. The summed E-state index contributed by atoms with van der Waals surface area (Å²) in [4.78, 5) is 63.2. The molecular weight excluding hydrogens is 918 g/mol. The summed E-state index contributed by atoms with van der Waals surface area (Å²) in [5.74, 6) is 2.92. The van der Waals surface area contributed by atoms with Gasteiger partial charge in [0.1, 0.15) is 25.0 Å². The van der Waals surface area contributed by atoms with Gasteiger partial charge in [0, 0.05) is 97.1 Å². The van der Waals surface area contributed by atoms with E-state index in [1.165, 1.54) is 4.90 Å². The molecule has 3 fully saturated rings. The van der Waals surface area contributed by atoms with E-state index < -0.39 is 42.6 Å². The molecule has 5 N–H and O–H groups in total. The first-order valence-electron chi connectivity index (χ1n) is 24.8. The molecule has 4 atom stereocenters. The molecule has 18 heteroatoms. The van der Waals surface area contributed by atoms with Crippen molar-refractivity contribution in [3.05, 3.63) is 88.9 Å². The number of phenols is 1. The zero-order valence-corrected chi connectivity index (χ0v) is 42.5. The van der Waals surface area contributed by atoms with Gasteiger partial charge in [0.15, 0.2) is 5.65 Å². The minimum Gasteiger partial charge on any atom is -0.507 e. The standard InChI is InChI=1S/C53H66N11O6P/c1-8-33-13-14-35(45(25-33)71(6,7)70)28-54-49(67)43-26-38(65)31-64(43)50(68)47(53(3,4)5)58-52(69)62-22-17-37(18-23-62)61-20-15-34(16-21-61)36-29-55-51(56-30-36)63-24-19-41-46(32(63)2)40-27-42(59-60-48(40)57-41)39-11-9-10-12-44(39)66/h1,9-14,25,27,29-30,32,34,37-38,43,47,65-66H,15-24,26,28,31H2,2-7H3,(H,54,67)(H,57,60)(H,58,69)/t32-,38-,43+,47+/m1/s1. The van der Waals surface area contributed by atoms with Crippen molar-refractivity contribution in [3.8, 4) is 29.4 Å². The van der Waals surface area contributed by atoms with Crippen LogP contribution in [0, 0.1) is 17.8 Å². The topological polar surface area (TPSA) is 213 Å². The summed E-state index contributed by atoms with van der Waals surface area (Å²) in [6, 6.07) is 12.5. The second kappa shape index (κ2) is 20.0. The van der Waals surface area contributed by atoms with Gasteiger partial charge in [-0.2, -0.15) is 0 Å². The Hall–Kier alpha value is -6.34. The van der Waals surface area contributed by atoms with Crippen LogP contribution in [0.4, 0.5) is 10.7 Å². The molecule has 71 heavy (non-hydrogen) atoms. The number of aliphatic hydroxyl groups is 1. The summed E-state index contributed by atoms with van der Waals surface area (Å²) in [6.07, 6.45) is 13.1. The van der Waals surface area contributed by atoms with Crippen molar-refractivity contribution in [3.63, 3.8) is 0 Å². The average molecular weight is 984 g/mol. The summed E-state index contributed by atoms with van der Waals surface area (Å²) in [7, 11) is -2.73. The number of nitrogens with one attached hydrogen (secondary N) is 3. The fourth-order valence-electron chi connectivity index (χ4n) is 11.1. The molecule has 374 valence electrons. The van der Waals surface area contributed by atoms with Crippen LogP contribution in [0.2, 0.25) is 0 Å². The summed E-state index contributed by atoms with van der Waals surface area (Å²) >= 11 is 0. The van der Waals surface area contributed by atoms with Gasteiger partial charge in [0.05, 0.1) is 17.8 Å². The number of benzene rings is 2. The number of rotatable bonds is 10. The minimum absolute atomic E-state index is 0.00709.